The van der Waals surface area contributed by atoms with Crippen molar-refractivity contribution < 1.29 is 23.8 Å². The van der Waals surface area contributed by atoms with Crippen LogP contribution < -0.4 is 20.8 Å². The molecule has 0 saturated heterocycles. The number of carbonyl (C=O) groups excluding carboxylic acids is 2. The van der Waals surface area contributed by atoms with Gasteiger partial charge in [-0.1, -0.05) is 0 Å². The molecule has 1 fully saturated rings. The fraction of sp³-hybridized carbons (Fsp3) is 0.542. The lowest BCUT2D eigenvalue weighted by Crippen LogP contribution is -2.40. The number of hydrogen-bond acceptors (Lipinski definition) is 6. The van der Waals surface area contributed by atoms with Crippen LogP contribution in [0.1, 0.15) is 55.7 Å². The minimum atomic E-state index is -0.976. The van der Waals surface area contributed by atoms with E-state index in [9.17, 15) is 19.5 Å². The normalized spacial score (nSPS) is 21.5. The van der Waals surface area contributed by atoms with Crippen LogP contribution in [0, 0.1) is 18.8 Å². The summed E-state index contributed by atoms with van der Waals surface area (Å²) < 4.78 is 11.5. The molecule has 166 valence electrons. The number of carboxylic acids is 1. The van der Waals surface area contributed by atoms with Crippen LogP contribution in [0.25, 0.3) is 11.0 Å². The number of rotatable bonds is 6. The number of carboxylic acid groups (broad SMARTS) is 1. The van der Waals surface area contributed by atoms with Gasteiger partial charge in [0.1, 0.15) is 11.3 Å². The molecular weight excluding hydrogens is 398 g/mol. The summed E-state index contributed by atoms with van der Waals surface area (Å²) >= 11 is 0. The maximum Gasteiger partial charge on any atom is 0.339 e. The Morgan fingerprint density at radius 3 is 2.61 bits per heavy atom. The van der Waals surface area contributed by atoms with Gasteiger partial charge in [-0.25, -0.2) is 4.79 Å². The van der Waals surface area contributed by atoms with E-state index in [0.717, 1.165) is 48.6 Å². The van der Waals surface area contributed by atoms with Gasteiger partial charge >= 0.3 is 5.63 Å². The molecule has 2 aromatic rings. The third-order valence-corrected chi connectivity index (χ3v) is 6.76. The van der Waals surface area contributed by atoms with Crippen molar-refractivity contribution in [1.82, 2.24) is 5.32 Å². The summed E-state index contributed by atoms with van der Waals surface area (Å²) in [5, 5.41) is 14.8. The van der Waals surface area contributed by atoms with Crippen LogP contribution in [0.3, 0.4) is 0 Å². The highest BCUT2D eigenvalue weighted by Gasteiger charge is 2.25. The molecule has 1 heterocycles. The molecular formula is C24H28NO6-. The van der Waals surface area contributed by atoms with Crippen LogP contribution in [0.2, 0.25) is 0 Å². The van der Waals surface area contributed by atoms with Gasteiger partial charge in [0.25, 0.3) is 5.91 Å². The van der Waals surface area contributed by atoms with Crippen molar-refractivity contribution >= 4 is 22.8 Å². The largest absolute Gasteiger partial charge is 0.550 e. The molecule has 7 nitrogen and oxygen atoms in total. The number of ether oxygens (including phenoxy) is 1. The minimum Gasteiger partial charge on any atom is -0.550 e. The van der Waals surface area contributed by atoms with Crippen LogP contribution >= 0.6 is 0 Å². The second-order valence-electron chi connectivity index (χ2n) is 8.81. The molecule has 31 heavy (non-hydrogen) atoms. The van der Waals surface area contributed by atoms with Gasteiger partial charge in [0, 0.05) is 29.0 Å². The molecule has 1 atom stereocenters. The van der Waals surface area contributed by atoms with Crippen LogP contribution in [0.5, 0.6) is 5.75 Å². The van der Waals surface area contributed by atoms with Gasteiger partial charge in [-0.05, 0) is 88.3 Å². The SMILES string of the molecule is Cc1c(O[C@H](C)C(=O)NCC2CCC(C(=O)[O-])CC2)ccc2c3c(c(=O)oc12)CCC3. The lowest BCUT2D eigenvalue weighted by molar-refractivity contribution is -0.312. The molecule has 0 bridgehead atoms. The zero-order valence-electron chi connectivity index (χ0n) is 18.0. The maximum absolute atomic E-state index is 12.5. The monoisotopic (exact) mass is 426 g/mol. The molecule has 1 aromatic heterocycles. The van der Waals surface area contributed by atoms with E-state index in [4.69, 9.17) is 9.15 Å². The Morgan fingerprint density at radius 2 is 1.90 bits per heavy atom. The minimum absolute atomic E-state index is 0.225. The summed E-state index contributed by atoms with van der Waals surface area (Å²) in [7, 11) is 0. The highest BCUT2D eigenvalue weighted by molar-refractivity contribution is 5.86. The van der Waals surface area contributed by atoms with Crippen molar-refractivity contribution in [2.45, 2.75) is 64.9 Å². The number of hydrogen-bond donors (Lipinski definition) is 1. The first-order valence-corrected chi connectivity index (χ1v) is 11.1. The fourth-order valence-electron chi connectivity index (χ4n) is 4.83. The topological polar surface area (TPSA) is 109 Å². The van der Waals surface area contributed by atoms with E-state index >= 15 is 0 Å². The summed E-state index contributed by atoms with van der Waals surface area (Å²) in [6.45, 7) is 4.02. The Balaban J connectivity index is 1.39. The number of nitrogens with one attached hydrogen (secondary N) is 1. The molecule has 1 saturated carbocycles. The van der Waals surface area contributed by atoms with E-state index in [2.05, 4.69) is 5.32 Å². The summed E-state index contributed by atoms with van der Waals surface area (Å²) in [5.74, 6) is -0.782. The number of aryl methyl sites for hydroxylation is 2. The van der Waals surface area contributed by atoms with Crippen molar-refractivity contribution in [3.8, 4) is 5.75 Å². The van der Waals surface area contributed by atoms with Crippen molar-refractivity contribution in [1.29, 1.82) is 0 Å². The second-order valence-corrected chi connectivity index (χ2v) is 8.81. The van der Waals surface area contributed by atoms with Gasteiger partial charge in [0.2, 0.25) is 0 Å². The van der Waals surface area contributed by atoms with Gasteiger partial charge < -0.3 is 24.4 Å². The number of aliphatic carboxylic acids is 1. The van der Waals surface area contributed by atoms with E-state index in [1.165, 1.54) is 0 Å². The molecule has 2 aliphatic carbocycles. The average Bonchev–Trinajstić information content (AvgIpc) is 3.25. The van der Waals surface area contributed by atoms with Crippen molar-refractivity contribution in [2.75, 3.05) is 6.54 Å². The Hall–Kier alpha value is -2.83. The molecule has 0 aliphatic heterocycles. The number of benzene rings is 1. The highest BCUT2D eigenvalue weighted by atomic mass is 16.5. The molecule has 0 unspecified atom stereocenters. The molecule has 2 aliphatic rings. The van der Waals surface area contributed by atoms with E-state index in [0.29, 0.717) is 36.3 Å². The Labute approximate surface area is 180 Å². The molecule has 1 N–H and O–H groups in total. The number of amides is 1. The summed E-state index contributed by atoms with van der Waals surface area (Å²) in [6, 6.07) is 3.74. The van der Waals surface area contributed by atoms with Crippen LogP contribution in [0.15, 0.2) is 21.3 Å². The zero-order chi connectivity index (χ0) is 22.1. The second kappa shape index (κ2) is 8.73. The first-order chi connectivity index (χ1) is 14.8. The molecule has 1 aromatic carbocycles. The zero-order valence-corrected chi connectivity index (χ0v) is 18.0. The predicted octanol–water partition coefficient (Wildman–Crippen LogP) is 2.03. The summed E-state index contributed by atoms with van der Waals surface area (Å²) in [6.07, 6.45) is 4.61. The molecule has 1 amide bonds. The number of carbonyl (C=O) groups is 2. The van der Waals surface area contributed by atoms with Gasteiger partial charge in [-0.15, -0.1) is 0 Å². The Kier molecular flexibility index (Phi) is 6.03. The molecule has 0 spiro atoms. The van der Waals surface area contributed by atoms with Gasteiger partial charge in [0.05, 0.1) is 0 Å². The third-order valence-electron chi connectivity index (χ3n) is 6.76. The first kappa shape index (κ1) is 21.4. The van der Waals surface area contributed by atoms with E-state index in [1.54, 1.807) is 6.92 Å². The number of fused-ring (bicyclic) bond motifs is 3. The Bertz CT molecular complexity index is 1060. The quantitative estimate of drug-likeness (QED) is 0.708. The van der Waals surface area contributed by atoms with E-state index < -0.39 is 12.1 Å². The Morgan fingerprint density at radius 1 is 1.19 bits per heavy atom. The van der Waals surface area contributed by atoms with E-state index in [1.807, 2.05) is 19.1 Å². The predicted molar refractivity (Wildman–Crippen MR) is 113 cm³/mol. The van der Waals surface area contributed by atoms with Crippen LogP contribution in [-0.2, 0) is 22.4 Å². The molecule has 7 heteroatoms. The van der Waals surface area contributed by atoms with Crippen molar-refractivity contribution in [3.05, 3.63) is 39.2 Å². The van der Waals surface area contributed by atoms with Crippen molar-refractivity contribution in [2.24, 2.45) is 11.8 Å². The summed E-state index contributed by atoms with van der Waals surface area (Å²) in [4.78, 5) is 35.8. The average molecular weight is 426 g/mol. The highest BCUT2D eigenvalue weighted by Crippen LogP contribution is 2.33. The fourth-order valence-corrected chi connectivity index (χ4v) is 4.83. The van der Waals surface area contributed by atoms with Gasteiger partial charge in [0.15, 0.2) is 6.10 Å². The van der Waals surface area contributed by atoms with Gasteiger partial charge in [-0.3, -0.25) is 4.79 Å². The smallest absolute Gasteiger partial charge is 0.339 e. The molecule has 0 radical (unpaired) electrons. The van der Waals surface area contributed by atoms with E-state index in [-0.39, 0.29) is 23.4 Å². The first-order valence-electron chi connectivity index (χ1n) is 11.1. The molecule has 4 rings (SSSR count). The van der Waals surface area contributed by atoms with Crippen LogP contribution in [0.4, 0.5) is 0 Å². The lowest BCUT2D eigenvalue weighted by atomic mass is 9.82. The third kappa shape index (κ3) is 4.31. The van der Waals surface area contributed by atoms with Crippen LogP contribution in [-0.4, -0.2) is 24.5 Å². The lowest BCUT2D eigenvalue weighted by Gasteiger charge is -2.29. The summed E-state index contributed by atoms with van der Waals surface area (Å²) in [5.41, 5.74) is 2.81. The maximum atomic E-state index is 12.5. The van der Waals surface area contributed by atoms with Gasteiger partial charge in [-0.2, -0.15) is 0 Å². The standard InChI is InChI=1S/C24H29NO6/c1-13-20(11-10-18-17-4-3-5-19(17)24(29)31-21(13)18)30-14(2)22(26)25-12-15-6-8-16(9-7-15)23(27)28/h10-11,14-16H,3-9,12H2,1-2H3,(H,25,26)(H,27,28)/p-1/t14-,15?,16?/m1/s1. The van der Waals surface area contributed by atoms with Crippen molar-refractivity contribution in [3.63, 3.8) is 0 Å².